The van der Waals surface area contributed by atoms with E-state index in [0.29, 0.717) is 38.3 Å². The summed E-state index contributed by atoms with van der Waals surface area (Å²) in [7, 11) is 0. The molecule has 1 fully saturated rings. The number of aromatic amines is 1. The molecule has 1 aliphatic rings. The lowest BCUT2D eigenvalue weighted by molar-refractivity contribution is -0.133. The van der Waals surface area contributed by atoms with E-state index in [1.807, 2.05) is 41.3 Å². The van der Waals surface area contributed by atoms with Gasteiger partial charge in [-0.1, -0.05) is 30.3 Å². The number of carbonyl (C=O) groups is 2. The van der Waals surface area contributed by atoms with E-state index < -0.39 is 0 Å². The van der Waals surface area contributed by atoms with Crippen LogP contribution in [-0.4, -0.2) is 52.8 Å². The molecule has 0 spiro atoms. The zero-order valence-corrected chi connectivity index (χ0v) is 16.3. The van der Waals surface area contributed by atoms with Crippen molar-refractivity contribution in [1.82, 2.24) is 14.8 Å². The first-order valence-electron chi connectivity index (χ1n) is 9.98. The zero-order valence-electron chi connectivity index (χ0n) is 16.3. The molecule has 1 aliphatic heterocycles. The fourth-order valence-corrected chi connectivity index (χ4v) is 3.83. The molecule has 4 rings (SSSR count). The Morgan fingerprint density at radius 1 is 0.931 bits per heavy atom. The highest BCUT2D eigenvalue weighted by molar-refractivity contribution is 5.92. The Morgan fingerprint density at radius 2 is 1.69 bits per heavy atom. The summed E-state index contributed by atoms with van der Waals surface area (Å²) >= 11 is 0. The predicted octanol–water partition coefficient (Wildman–Crippen LogP) is 3.31. The van der Waals surface area contributed by atoms with Crippen molar-refractivity contribution < 1.29 is 14.0 Å². The quantitative estimate of drug-likeness (QED) is 0.701. The largest absolute Gasteiger partial charge is 0.469 e. The lowest BCUT2D eigenvalue weighted by atomic mass is 9.93. The van der Waals surface area contributed by atoms with E-state index in [1.54, 1.807) is 23.4 Å². The molecule has 1 saturated heterocycles. The number of piperazine rings is 1. The molecule has 2 amide bonds. The molecule has 150 valence electrons. The van der Waals surface area contributed by atoms with Gasteiger partial charge in [0.05, 0.1) is 6.26 Å². The average molecular weight is 391 g/mol. The number of hydrogen-bond donors (Lipinski definition) is 1. The highest BCUT2D eigenvalue weighted by Crippen LogP contribution is 2.26. The highest BCUT2D eigenvalue weighted by atomic mass is 16.3. The Bertz CT molecular complexity index is 912. The third kappa shape index (κ3) is 4.59. The van der Waals surface area contributed by atoms with Crippen LogP contribution >= 0.6 is 0 Å². The van der Waals surface area contributed by atoms with Crippen molar-refractivity contribution in [3.8, 4) is 0 Å². The van der Waals surface area contributed by atoms with Crippen LogP contribution in [0.2, 0.25) is 0 Å². The molecule has 0 bridgehead atoms. The van der Waals surface area contributed by atoms with Crippen molar-refractivity contribution in [3.05, 3.63) is 84.1 Å². The van der Waals surface area contributed by atoms with Gasteiger partial charge < -0.3 is 19.2 Å². The van der Waals surface area contributed by atoms with Crippen LogP contribution in [0.3, 0.4) is 0 Å². The van der Waals surface area contributed by atoms with E-state index in [4.69, 9.17) is 4.42 Å². The summed E-state index contributed by atoms with van der Waals surface area (Å²) in [6.07, 6.45) is 4.55. The molecule has 6 nitrogen and oxygen atoms in total. The van der Waals surface area contributed by atoms with Gasteiger partial charge in [0.2, 0.25) is 5.91 Å². The average Bonchev–Trinajstić information content (AvgIpc) is 3.48. The van der Waals surface area contributed by atoms with Gasteiger partial charge in [-0.15, -0.1) is 0 Å². The van der Waals surface area contributed by atoms with Crippen molar-refractivity contribution in [1.29, 1.82) is 0 Å². The maximum atomic E-state index is 13.0. The Labute approximate surface area is 170 Å². The van der Waals surface area contributed by atoms with E-state index in [2.05, 4.69) is 17.1 Å². The lowest BCUT2D eigenvalue weighted by Crippen LogP contribution is -2.50. The topological polar surface area (TPSA) is 69.6 Å². The van der Waals surface area contributed by atoms with Gasteiger partial charge in [0.25, 0.3) is 5.91 Å². The second-order valence-corrected chi connectivity index (χ2v) is 7.36. The first-order valence-corrected chi connectivity index (χ1v) is 9.98. The maximum absolute atomic E-state index is 13.0. The first kappa shape index (κ1) is 19.1. The van der Waals surface area contributed by atoms with E-state index in [0.717, 1.165) is 12.2 Å². The number of nitrogens with one attached hydrogen (secondary N) is 1. The third-order valence-electron chi connectivity index (χ3n) is 5.44. The minimum atomic E-state index is -0.0142. The Balaban J connectivity index is 1.36. The molecular formula is C23H25N3O3. The molecular weight excluding hydrogens is 366 g/mol. The summed E-state index contributed by atoms with van der Waals surface area (Å²) in [5.74, 6) is 0.926. The van der Waals surface area contributed by atoms with E-state index in [9.17, 15) is 9.59 Å². The Morgan fingerprint density at radius 3 is 2.34 bits per heavy atom. The Kier molecular flexibility index (Phi) is 5.79. The summed E-state index contributed by atoms with van der Waals surface area (Å²) < 4.78 is 5.62. The highest BCUT2D eigenvalue weighted by Gasteiger charge is 2.27. The van der Waals surface area contributed by atoms with Gasteiger partial charge in [-0.05, 0) is 36.2 Å². The van der Waals surface area contributed by atoms with Gasteiger partial charge >= 0.3 is 0 Å². The normalized spacial score (nSPS) is 15.3. The van der Waals surface area contributed by atoms with Crippen molar-refractivity contribution >= 4 is 11.8 Å². The van der Waals surface area contributed by atoms with Crippen molar-refractivity contribution in [2.45, 2.75) is 18.8 Å². The SMILES string of the molecule is O=C(CC(Cc1ccccc1)c1ccco1)N1CCN(C(=O)c2ccc[nH]2)CC1. The summed E-state index contributed by atoms with van der Waals surface area (Å²) in [5.41, 5.74) is 1.77. The smallest absolute Gasteiger partial charge is 0.270 e. The number of amides is 2. The van der Waals surface area contributed by atoms with Crippen LogP contribution in [0.1, 0.15) is 34.2 Å². The van der Waals surface area contributed by atoms with Crippen molar-refractivity contribution in [3.63, 3.8) is 0 Å². The van der Waals surface area contributed by atoms with Gasteiger partial charge in [0.15, 0.2) is 0 Å². The van der Waals surface area contributed by atoms with Gasteiger partial charge in [0.1, 0.15) is 11.5 Å². The second-order valence-electron chi connectivity index (χ2n) is 7.36. The molecule has 0 radical (unpaired) electrons. The van der Waals surface area contributed by atoms with Crippen LogP contribution in [0.15, 0.2) is 71.5 Å². The number of rotatable bonds is 6. The van der Waals surface area contributed by atoms with Gasteiger partial charge in [0, 0.05) is 44.7 Å². The minimum Gasteiger partial charge on any atom is -0.469 e. The molecule has 2 aromatic heterocycles. The third-order valence-corrected chi connectivity index (χ3v) is 5.44. The van der Waals surface area contributed by atoms with Crippen LogP contribution in [0, 0.1) is 0 Å². The van der Waals surface area contributed by atoms with E-state index in [-0.39, 0.29) is 17.7 Å². The fraction of sp³-hybridized carbons (Fsp3) is 0.304. The van der Waals surface area contributed by atoms with E-state index >= 15 is 0 Å². The van der Waals surface area contributed by atoms with Gasteiger partial charge in [-0.3, -0.25) is 9.59 Å². The summed E-state index contributed by atoms with van der Waals surface area (Å²) in [6, 6.07) is 17.6. The second kappa shape index (κ2) is 8.82. The van der Waals surface area contributed by atoms with Gasteiger partial charge in [-0.2, -0.15) is 0 Å². The predicted molar refractivity (Wildman–Crippen MR) is 109 cm³/mol. The number of furan rings is 1. The molecule has 1 atom stereocenters. The molecule has 0 saturated carbocycles. The molecule has 29 heavy (non-hydrogen) atoms. The standard InChI is InChI=1S/C23H25N3O3/c27-22(25-11-13-26(14-12-25)23(28)20-8-4-10-24-20)17-19(21-9-5-15-29-21)16-18-6-2-1-3-7-18/h1-10,15,19,24H,11-14,16-17H2. The monoisotopic (exact) mass is 391 g/mol. The summed E-state index contributed by atoms with van der Waals surface area (Å²) in [5, 5.41) is 0. The summed E-state index contributed by atoms with van der Waals surface area (Å²) in [4.78, 5) is 32.0. The maximum Gasteiger partial charge on any atom is 0.270 e. The fourth-order valence-electron chi connectivity index (χ4n) is 3.83. The van der Waals surface area contributed by atoms with Crippen LogP contribution in [0.25, 0.3) is 0 Å². The molecule has 0 aliphatic carbocycles. The first-order chi connectivity index (χ1) is 14.2. The van der Waals surface area contributed by atoms with Crippen LogP contribution in [-0.2, 0) is 11.2 Å². The number of carbonyl (C=O) groups excluding carboxylic acids is 2. The van der Waals surface area contributed by atoms with Gasteiger partial charge in [-0.25, -0.2) is 0 Å². The molecule has 3 heterocycles. The van der Waals surface area contributed by atoms with Crippen LogP contribution in [0.4, 0.5) is 0 Å². The lowest BCUT2D eigenvalue weighted by Gasteiger charge is -2.35. The molecule has 1 N–H and O–H groups in total. The zero-order chi connectivity index (χ0) is 20.1. The molecule has 6 heteroatoms. The van der Waals surface area contributed by atoms with Crippen LogP contribution < -0.4 is 0 Å². The van der Waals surface area contributed by atoms with Crippen molar-refractivity contribution in [2.24, 2.45) is 0 Å². The van der Waals surface area contributed by atoms with Crippen LogP contribution in [0.5, 0.6) is 0 Å². The number of H-pyrrole nitrogens is 1. The van der Waals surface area contributed by atoms with E-state index in [1.165, 1.54) is 5.56 Å². The molecule has 3 aromatic rings. The summed E-state index contributed by atoms with van der Waals surface area (Å²) in [6.45, 7) is 2.21. The number of nitrogens with zero attached hydrogens (tertiary/aromatic N) is 2. The van der Waals surface area contributed by atoms with Crippen molar-refractivity contribution in [2.75, 3.05) is 26.2 Å². The Hall–Kier alpha value is -3.28. The number of benzene rings is 1. The minimum absolute atomic E-state index is 0.00141. The molecule has 1 unspecified atom stereocenters. The number of aromatic nitrogens is 1. The number of hydrogen-bond acceptors (Lipinski definition) is 3. The molecule has 1 aromatic carbocycles.